The topological polar surface area (TPSA) is 109 Å². The van der Waals surface area contributed by atoms with Gasteiger partial charge < -0.3 is 14.8 Å². The Morgan fingerprint density at radius 3 is 2.87 bits per heavy atom. The van der Waals surface area contributed by atoms with E-state index in [0.717, 1.165) is 17.7 Å². The number of thioether (sulfide) groups is 1. The first-order valence-electron chi connectivity index (χ1n) is 7.23. The van der Waals surface area contributed by atoms with Crippen LogP contribution in [0.2, 0.25) is 0 Å². The Labute approximate surface area is 137 Å². The third kappa shape index (κ3) is 3.39. The molecule has 0 aliphatic heterocycles. The molecule has 3 heterocycles. The molecule has 0 unspecified atom stereocenters. The summed E-state index contributed by atoms with van der Waals surface area (Å²) in [6.07, 6.45) is 2.37. The first kappa shape index (κ1) is 15.6. The van der Waals surface area contributed by atoms with Crippen LogP contribution in [0.3, 0.4) is 0 Å². The number of hydrogen-bond acceptors (Lipinski definition) is 8. The van der Waals surface area contributed by atoms with Crippen LogP contribution >= 0.6 is 11.8 Å². The number of aryl methyl sites for hydroxylation is 1. The van der Waals surface area contributed by atoms with Crippen molar-refractivity contribution in [1.82, 2.24) is 25.0 Å². The van der Waals surface area contributed by atoms with E-state index in [9.17, 15) is 0 Å². The molecule has 3 aromatic heterocycles. The summed E-state index contributed by atoms with van der Waals surface area (Å²) in [6.45, 7) is 6.07. The van der Waals surface area contributed by atoms with Crippen LogP contribution < -0.4 is 5.84 Å². The minimum atomic E-state index is 0.476. The van der Waals surface area contributed by atoms with E-state index in [0.29, 0.717) is 34.4 Å². The number of nitrogens with two attached hydrogens (primary N) is 1. The van der Waals surface area contributed by atoms with Crippen molar-refractivity contribution >= 4 is 11.8 Å². The molecule has 3 rings (SSSR count). The molecule has 0 fully saturated rings. The van der Waals surface area contributed by atoms with Gasteiger partial charge in [-0.2, -0.15) is 4.98 Å². The summed E-state index contributed by atoms with van der Waals surface area (Å²) in [7, 11) is 0. The predicted molar refractivity (Wildman–Crippen MR) is 85.0 cm³/mol. The van der Waals surface area contributed by atoms with E-state index in [4.69, 9.17) is 14.8 Å². The smallest absolute Gasteiger partial charge is 0.226 e. The molecule has 0 saturated heterocycles. The lowest BCUT2D eigenvalue weighted by molar-refractivity contribution is 0.360. The molecule has 0 amide bonds. The van der Waals surface area contributed by atoms with Gasteiger partial charge in [0.05, 0.1) is 17.6 Å². The van der Waals surface area contributed by atoms with Gasteiger partial charge in [-0.15, -0.1) is 10.2 Å². The number of aromatic nitrogens is 5. The minimum absolute atomic E-state index is 0.476. The second kappa shape index (κ2) is 6.45. The van der Waals surface area contributed by atoms with E-state index in [1.165, 1.54) is 16.4 Å². The van der Waals surface area contributed by atoms with Crippen LogP contribution in [0.4, 0.5) is 0 Å². The molecule has 0 aliphatic rings. The van der Waals surface area contributed by atoms with E-state index in [-0.39, 0.29) is 0 Å². The predicted octanol–water partition coefficient (Wildman–Crippen LogP) is 2.43. The van der Waals surface area contributed by atoms with Crippen LogP contribution in [-0.4, -0.2) is 25.0 Å². The van der Waals surface area contributed by atoms with E-state index in [1.54, 1.807) is 6.26 Å². The van der Waals surface area contributed by atoms with Crippen molar-refractivity contribution in [3.8, 4) is 11.4 Å². The molecule has 0 atom stereocenters. The van der Waals surface area contributed by atoms with Crippen molar-refractivity contribution in [2.45, 2.75) is 38.1 Å². The first-order chi connectivity index (χ1) is 11.0. The molecule has 0 bridgehead atoms. The quantitative estimate of drug-likeness (QED) is 0.541. The van der Waals surface area contributed by atoms with Crippen LogP contribution in [0.25, 0.3) is 11.4 Å². The third-order valence-corrected chi connectivity index (χ3v) is 4.13. The second-order valence-electron chi connectivity index (χ2n) is 5.56. The summed E-state index contributed by atoms with van der Waals surface area (Å²) < 4.78 is 11.9. The summed E-state index contributed by atoms with van der Waals surface area (Å²) in [4.78, 5) is 4.35. The van der Waals surface area contributed by atoms with E-state index < -0.39 is 0 Å². The Hall–Kier alpha value is -2.29. The van der Waals surface area contributed by atoms with Crippen LogP contribution in [-0.2, 0) is 12.2 Å². The zero-order valence-electron chi connectivity index (χ0n) is 13.2. The van der Waals surface area contributed by atoms with Gasteiger partial charge in [0.1, 0.15) is 5.76 Å². The van der Waals surface area contributed by atoms with Gasteiger partial charge in [0.15, 0.2) is 11.6 Å². The van der Waals surface area contributed by atoms with E-state index in [1.807, 2.05) is 13.0 Å². The van der Waals surface area contributed by atoms with Gasteiger partial charge in [-0.3, -0.25) is 0 Å². The monoisotopic (exact) mass is 334 g/mol. The zero-order valence-corrected chi connectivity index (χ0v) is 14.0. The number of furan rings is 1. The molecule has 0 aliphatic carbocycles. The number of nitrogen functional groups attached to an aromatic ring is 1. The second-order valence-corrected chi connectivity index (χ2v) is 6.50. The van der Waals surface area contributed by atoms with E-state index >= 15 is 0 Å². The van der Waals surface area contributed by atoms with Crippen LogP contribution in [0.1, 0.15) is 31.3 Å². The lowest BCUT2D eigenvalue weighted by Gasteiger charge is -2.01. The minimum Gasteiger partial charge on any atom is -0.469 e. The fourth-order valence-corrected chi connectivity index (χ4v) is 2.79. The maximum atomic E-state index is 6.06. The summed E-state index contributed by atoms with van der Waals surface area (Å²) >= 11 is 1.41. The van der Waals surface area contributed by atoms with Crippen molar-refractivity contribution < 1.29 is 8.94 Å². The molecular weight excluding hydrogens is 316 g/mol. The van der Waals surface area contributed by atoms with Crippen molar-refractivity contribution in [1.29, 1.82) is 0 Å². The van der Waals surface area contributed by atoms with Gasteiger partial charge in [0.25, 0.3) is 0 Å². The van der Waals surface area contributed by atoms with Crippen molar-refractivity contribution in [2.75, 3.05) is 5.84 Å². The molecule has 122 valence electrons. The zero-order chi connectivity index (χ0) is 16.4. The summed E-state index contributed by atoms with van der Waals surface area (Å²) in [6, 6.07) is 1.81. The van der Waals surface area contributed by atoms with Gasteiger partial charge in [-0.05, 0) is 18.9 Å². The Morgan fingerprint density at radius 2 is 2.17 bits per heavy atom. The molecule has 3 aromatic rings. The largest absolute Gasteiger partial charge is 0.469 e. The highest BCUT2D eigenvalue weighted by atomic mass is 32.2. The number of hydrogen-bond donors (Lipinski definition) is 1. The van der Waals surface area contributed by atoms with Crippen LogP contribution in [0.5, 0.6) is 0 Å². The Bertz CT molecular complexity index is 791. The van der Waals surface area contributed by atoms with E-state index in [2.05, 4.69) is 34.2 Å². The standard InChI is InChI=1S/C14H18N6O2S/c1-8(2)6-12-16-11(19-22-12)7-23-14-18-17-13(20(14)15)10-4-5-21-9(10)3/h4-5,8H,6-7,15H2,1-3H3. The molecular formula is C14H18N6O2S. The summed E-state index contributed by atoms with van der Waals surface area (Å²) in [5, 5.41) is 12.8. The maximum absolute atomic E-state index is 6.06. The Morgan fingerprint density at radius 1 is 1.35 bits per heavy atom. The molecule has 23 heavy (non-hydrogen) atoms. The summed E-state index contributed by atoms with van der Waals surface area (Å²) in [5.41, 5.74) is 0.825. The molecule has 0 aromatic carbocycles. The fraction of sp³-hybridized carbons (Fsp3) is 0.429. The van der Waals surface area contributed by atoms with Crippen molar-refractivity contribution in [3.63, 3.8) is 0 Å². The maximum Gasteiger partial charge on any atom is 0.226 e. The molecule has 0 radical (unpaired) electrons. The highest BCUT2D eigenvalue weighted by Crippen LogP contribution is 2.26. The molecule has 9 heteroatoms. The molecule has 2 N–H and O–H groups in total. The van der Waals surface area contributed by atoms with Crippen LogP contribution in [0, 0.1) is 12.8 Å². The Kier molecular flexibility index (Phi) is 4.37. The molecule has 0 saturated carbocycles. The number of nitrogens with zero attached hydrogens (tertiary/aromatic N) is 5. The highest BCUT2D eigenvalue weighted by Gasteiger charge is 2.16. The van der Waals surface area contributed by atoms with Gasteiger partial charge in [0, 0.05) is 6.42 Å². The summed E-state index contributed by atoms with van der Waals surface area (Å²) in [5.74, 6) is 9.64. The average molecular weight is 334 g/mol. The van der Waals surface area contributed by atoms with Gasteiger partial charge in [0.2, 0.25) is 11.0 Å². The van der Waals surface area contributed by atoms with Crippen molar-refractivity contribution in [2.24, 2.45) is 5.92 Å². The normalized spacial score (nSPS) is 11.5. The third-order valence-electron chi connectivity index (χ3n) is 3.19. The lowest BCUT2D eigenvalue weighted by atomic mass is 10.1. The Balaban J connectivity index is 1.68. The number of rotatable bonds is 6. The fourth-order valence-electron chi connectivity index (χ4n) is 2.09. The molecule has 8 nitrogen and oxygen atoms in total. The highest BCUT2D eigenvalue weighted by molar-refractivity contribution is 7.98. The average Bonchev–Trinajstić information content (AvgIpc) is 3.18. The van der Waals surface area contributed by atoms with Crippen molar-refractivity contribution in [3.05, 3.63) is 29.8 Å². The van der Waals surface area contributed by atoms with Gasteiger partial charge in [-0.1, -0.05) is 30.8 Å². The first-order valence-corrected chi connectivity index (χ1v) is 8.22. The lowest BCUT2D eigenvalue weighted by Crippen LogP contribution is -2.11. The molecule has 0 spiro atoms. The van der Waals surface area contributed by atoms with Crippen LogP contribution in [0.15, 0.2) is 26.4 Å². The SMILES string of the molecule is Cc1occc1-c1nnc(SCc2noc(CC(C)C)n2)n1N. The van der Waals surface area contributed by atoms with Gasteiger partial charge >= 0.3 is 0 Å². The van der Waals surface area contributed by atoms with Gasteiger partial charge in [-0.25, -0.2) is 4.68 Å².